The quantitative estimate of drug-likeness (QED) is 0.328. The second-order valence-electron chi connectivity index (χ2n) is 5.96. The number of likely N-dealkylation sites (N-methyl/N-ethyl adjacent to an activating group) is 1. The van der Waals surface area contributed by atoms with Gasteiger partial charge in [0.05, 0.1) is 17.7 Å². The van der Waals surface area contributed by atoms with Crippen LogP contribution in [0, 0.1) is 0 Å². The number of benzene rings is 2. The normalized spacial score (nSPS) is 16.6. The van der Waals surface area contributed by atoms with Gasteiger partial charge in [-0.25, -0.2) is 4.99 Å². The molecule has 0 aromatic heterocycles. The first-order valence-corrected chi connectivity index (χ1v) is 10.3. The van der Waals surface area contributed by atoms with E-state index in [9.17, 15) is 9.59 Å². The minimum Gasteiger partial charge on any atom is -0.493 e. The summed E-state index contributed by atoms with van der Waals surface area (Å²) in [4.78, 5) is 30.4. The van der Waals surface area contributed by atoms with E-state index in [0.29, 0.717) is 42.3 Å². The van der Waals surface area contributed by atoms with Crippen molar-refractivity contribution in [3.63, 3.8) is 0 Å². The summed E-state index contributed by atoms with van der Waals surface area (Å²) in [5, 5.41) is 1.18. The first kappa shape index (κ1) is 21.4. The fraction of sp³-hybridized carbons (Fsp3) is 0.150. The summed E-state index contributed by atoms with van der Waals surface area (Å²) < 4.78 is 11.1. The van der Waals surface area contributed by atoms with Crippen LogP contribution >= 0.6 is 39.3 Å². The summed E-state index contributed by atoms with van der Waals surface area (Å²) in [6.07, 6.45) is 1.73. The lowest BCUT2D eigenvalue weighted by atomic mass is 10.2. The van der Waals surface area contributed by atoms with Crippen LogP contribution in [0.15, 0.2) is 50.8 Å². The Bertz CT molecular complexity index is 1040. The number of nitrogens with zero attached hydrogens (tertiary/aromatic N) is 2. The third-order valence-electron chi connectivity index (χ3n) is 3.88. The molecule has 6 nitrogen and oxygen atoms in total. The number of rotatable bonds is 4. The largest absolute Gasteiger partial charge is 0.493 e. The van der Waals surface area contributed by atoms with Crippen molar-refractivity contribution < 1.29 is 19.1 Å². The van der Waals surface area contributed by atoms with Crippen molar-refractivity contribution in [1.82, 2.24) is 4.90 Å². The number of methoxy groups -OCH3 is 1. The molecule has 29 heavy (non-hydrogen) atoms. The topological polar surface area (TPSA) is 68.2 Å². The summed E-state index contributed by atoms with van der Waals surface area (Å²) in [5.74, 6) is 0.0563. The molecule has 0 radical (unpaired) electrons. The first-order valence-electron chi connectivity index (χ1n) is 8.36. The van der Waals surface area contributed by atoms with E-state index in [1.165, 1.54) is 30.7 Å². The molecular formula is C20H16BrClN2O4S. The fourth-order valence-corrected chi connectivity index (χ4v) is 4.02. The second kappa shape index (κ2) is 9.02. The predicted octanol–water partition coefficient (Wildman–Crippen LogP) is 5.27. The molecule has 1 saturated heterocycles. The molecule has 0 atom stereocenters. The van der Waals surface area contributed by atoms with Crippen LogP contribution in [0.2, 0.25) is 5.02 Å². The van der Waals surface area contributed by atoms with Crippen LogP contribution in [-0.4, -0.2) is 36.1 Å². The van der Waals surface area contributed by atoms with E-state index in [0.717, 1.165) is 0 Å². The molecule has 0 saturated carbocycles. The molecule has 150 valence electrons. The molecule has 0 aliphatic carbocycles. The maximum absolute atomic E-state index is 12.7. The molecule has 2 aromatic carbocycles. The van der Waals surface area contributed by atoms with Crippen molar-refractivity contribution in [3.8, 4) is 11.5 Å². The Hall–Kier alpha value is -2.29. The highest BCUT2D eigenvalue weighted by Crippen LogP contribution is 2.38. The Morgan fingerprint density at radius 3 is 2.55 bits per heavy atom. The number of thioether (sulfide) groups is 1. The monoisotopic (exact) mass is 494 g/mol. The van der Waals surface area contributed by atoms with Crippen molar-refractivity contribution in [2.75, 3.05) is 14.2 Å². The summed E-state index contributed by atoms with van der Waals surface area (Å²) >= 11 is 10.6. The van der Waals surface area contributed by atoms with Gasteiger partial charge < -0.3 is 9.47 Å². The predicted molar refractivity (Wildman–Crippen MR) is 119 cm³/mol. The van der Waals surface area contributed by atoms with Crippen molar-refractivity contribution in [2.24, 2.45) is 4.99 Å². The molecule has 1 heterocycles. The van der Waals surface area contributed by atoms with Crippen molar-refractivity contribution in [1.29, 1.82) is 0 Å². The molecule has 0 N–H and O–H groups in total. The number of hydrogen-bond donors (Lipinski definition) is 0. The fourth-order valence-electron chi connectivity index (χ4n) is 2.47. The number of carbonyl (C=O) groups is 2. The Labute approximate surface area is 185 Å². The van der Waals surface area contributed by atoms with Crippen LogP contribution in [0.5, 0.6) is 11.5 Å². The van der Waals surface area contributed by atoms with Crippen LogP contribution in [0.1, 0.15) is 12.5 Å². The van der Waals surface area contributed by atoms with E-state index < -0.39 is 5.97 Å². The number of aliphatic imine (C=N–C) groups is 1. The number of amidine groups is 1. The van der Waals surface area contributed by atoms with Crippen LogP contribution in [-0.2, 0) is 9.59 Å². The third kappa shape index (κ3) is 5.01. The first-order chi connectivity index (χ1) is 13.8. The van der Waals surface area contributed by atoms with E-state index in [-0.39, 0.29) is 5.91 Å². The van der Waals surface area contributed by atoms with Gasteiger partial charge in [0.2, 0.25) is 0 Å². The maximum Gasteiger partial charge on any atom is 0.308 e. The lowest BCUT2D eigenvalue weighted by Gasteiger charge is -2.10. The summed E-state index contributed by atoms with van der Waals surface area (Å²) in [6.45, 7) is 1.31. The average Bonchev–Trinajstić information content (AvgIpc) is 2.93. The highest BCUT2D eigenvalue weighted by atomic mass is 79.9. The number of ether oxygens (including phenoxy) is 2. The summed E-state index contributed by atoms with van der Waals surface area (Å²) in [7, 11) is 3.15. The zero-order chi connectivity index (χ0) is 21.1. The summed E-state index contributed by atoms with van der Waals surface area (Å²) in [6, 6.07) is 10.4. The number of halogens is 2. The van der Waals surface area contributed by atoms with Crippen LogP contribution in [0.4, 0.5) is 5.69 Å². The molecular weight excluding hydrogens is 480 g/mol. The van der Waals surface area contributed by atoms with Gasteiger partial charge in [0.1, 0.15) is 0 Å². The van der Waals surface area contributed by atoms with E-state index in [1.807, 2.05) is 0 Å². The minimum atomic E-state index is -0.451. The van der Waals surface area contributed by atoms with Gasteiger partial charge in [-0.2, -0.15) is 0 Å². The van der Waals surface area contributed by atoms with Crippen molar-refractivity contribution in [2.45, 2.75) is 6.92 Å². The van der Waals surface area contributed by atoms with E-state index in [2.05, 4.69) is 20.9 Å². The van der Waals surface area contributed by atoms with Gasteiger partial charge in [-0.1, -0.05) is 27.5 Å². The number of esters is 1. The van der Waals surface area contributed by atoms with E-state index >= 15 is 0 Å². The van der Waals surface area contributed by atoms with Crippen molar-refractivity contribution >= 4 is 68.1 Å². The third-order valence-corrected chi connectivity index (χ3v) is 5.88. The molecule has 1 aliphatic heterocycles. The smallest absolute Gasteiger partial charge is 0.308 e. The highest BCUT2D eigenvalue weighted by molar-refractivity contribution is 9.10. The number of carbonyl (C=O) groups excluding carboxylic acids is 2. The lowest BCUT2D eigenvalue weighted by Crippen LogP contribution is -2.23. The standard InChI is InChI=1S/C20H16BrClN2O4S/c1-11(25)28-17-10-15(21)12(8-16(17)27-3)9-18-19(26)24(2)20(29-18)23-14-6-4-13(22)5-7-14/h4-10H,1-3H3. The SMILES string of the molecule is COc1cc(C=C2SC(=Nc3ccc(Cl)cc3)N(C)C2=O)c(Br)cc1OC(C)=O. The van der Waals surface area contributed by atoms with Gasteiger partial charge in [0.25, 0.3) is 5.91 Å². The zero-order valence-electron chi connectivity index (χ0n) is 15.7. The van der Waals surface area contributed by atoms with Gasteiger partial charge >= 0.3 is 5.97 Å². The second-order valence-corrected chi connectivity index (χ2v) is 8.26. The molecule has 0 bridgehead atoms. The van der Waals surface area contributed by atoms with E-state index in [4.69, 9.17) is 21.1 Å². The Kier molecular flexibility index (Phi) is 6.66. The molecule has 1 aliphatic rings. The maximum atomic E-state index is 12.7. The van der Waals surface area contributed by atoms with Crippen LogP contribution < -0.4 is 9.47 Å². The summed E-state index contributed by atoms with van der Waals surface area (Å²) in [5.41, 5.74) is 1.40. The Morgan fingerprint density at radius 1 is 1.24 bits per heavy atom. The van der Waals surface area contributed by atoms with E-state index in [1.54, 1.807) is 49.5 Å². The Balaban J connectivity index is 1.93. The van der Waals surface area contributed by atoms with Gasteiger partial charge in [-0.05, 0) is 59.8 Å². The number of hydrogen-bond acceptors (Lipinski definition) is 6. The zero-order valence-corrected chi connectivity index (χ0v) is 18.9. The van der Waals surface area contributed by atoms with Crippen LogP contribution in [0.25, 0.3) is 6.08 Å². The number of amides is 1. The molecule has 0 unspecified atom stereocenters. The molecule has 3 rings (SSSR count). The molecule has 1 fully saturated rings. The van der Waals surface area contributed by atoms with Gasteiger partial charge in [-0.3, -0.25) is 14.5 Å². The average molecular weight is 496 g/mol. The molecule has 9 heteroatoms. The van der Waals surface area contributed by atoms with Gasteiger partial charge in [0, 0.05) is 23.5 Å². The minimum absolute atomic E-state index is 0.169. The molecule has 2 aromatic rings. The Morgan fingerprint density at radius 2 is 1.93 bits per heavy atom. The molecule has 1 amide bonds. The van der Waals surface area contributed by atoms with Gasteiger partial charge in [0.15, 0.2) is 16.7 Å². The van der Waals surface area contributed by atoms with Crippen LogP contribution in [0.3, 0.4) is 0 Å². The lowest BCUT2D eigenvalue weighted by molar-refractivity contribution is -0.132. The highest BCUT2D eigenvalue weighted by Gasteiger charge is 2.30. The molecule has 0 spiro atoms. The van der Waals surface area contributed by atoms with Crippen molar-refractivity contribution in [3.05, 3.63) is 56.4 Å². The van der Waals surface area contributed by atoms with Gasteiger partial charge in [-0.15, -0.1) is 0 Å².